The lowest BCUT2D eigenvalue weighted by atomic mass is 9.96. The molecular formula is C32H30N2O4S. The number of fused-ring (bicyclic) bond motifs is 1. The Bertz CT molecular complexity index is 1700. The zero-order valence-corrected chi connectivity index (χ0v) is 23.2. The van der Waals surface area contributed by atoms with Crippen molar-refractivity contribution >= 4 is 23.4 Å². The highest BCUT2D eigenvalue weighted by molar-refractivity contribution is 7.07. The number of benzene rings is 3. The quantitative estimate of drug-likeness (QED) is 0.308. The summed E-state index contributed by atoms with van der Waals surface area (Å²) >= 11 is 1.31. The van der Waals surface area contributed by atoms with E-state index in [2.05, 4.69) is 36.2 Å². The van der Waals surface area contributed by atoms with Gasteiger partial charge in [-0.25, -0.2) is 9.79 Å². The minimum Gasteiger partial charge on any atom is -0.489 e. The van der Waals surface area contributed by atoms with Crippen molar-refractivity contribution in [3.8, 4) is 5.75 Å². The van der Waals surface area contributed by atoms with Crippen molar-refractivity contribution in [2.24, 2.45) is 4.99 Å². The maximum atomic E-state index is 13.7. The predicted octanol–water partition coefficient (Wildman–Crippen LogP) is 5.07. The summed E-state index contributed by atoms with van der Waals surface area (Å²) in [6.07, 6.45) is 1.56. The van der Waals surface area contributed by atoms with E-state index in [0.29, 0.717) is 27.2 Å². The Balaban J connectivity index is 1.48. The highest BCUT2D eigenvalue weighted by Crippen LogP contribution is 2.30. The van der Waals surface area contributed by atoms with Gasteiger partial charge in [-0.1, -0.05) is 83.6 Å². The van der Waals surface area contributed by atoms with Gasteiger partial charge in [0.1, 0.15) is 12.4 Å². The summed E-state index contributed by atoms with van der Waals surface area (Å²) in [4.78, 5) is 32.1. The fourth-order valence-corrected chi connectivity index (χ4v) is 5.52. The monoisotopic (exact) mass is 538 g/mol. The van der Waals surface area contributed by atoms with Gasteiger partial charge in [0.2, 0.25) is 0 Å². The molecular weight excluding hydrogens is 508 g/mol. The largest absolute Gasteiger partial charge is 0.489 e. The molecule has 2 heterocycles. The van der Waals surface area contributed by atoms with Gasteiger partial charge >= 0.3 is 5.97 Å². The molecule has 0 fully saturated rings. The number of allylic oxidation sites excluding steroid dienone is 1. The number of carbonyl (C=O) groups excluding carboxylic acids is 1. The standard InChI is InChI=1S/C32H30N2O4S/c1-20(2)38-31(36)28-22(4)33-32-34(29(28)25-8-6-5-7-9-25)30(35)27(39-32)18-23-14-16-26(17-15-23)37-19-24-12-10-21(3)11-13-24/h5-18,20,29H,19H2,1-4H3. The Labute approximate surface area is 231 Å². The molecule has 0 saturated carbocycles. The average Bonchev–Trinajstić information content (AvgIpc) is 3.22. The zero-order chi connectivity index (χ0) is 27.5. The second kappa shape index (κ2) is 11.3. The van der Waals surface area contributed by atoms with Crippen molar-refractivity contribution in [1.29, 1.82) is 0 Å². The van der Waals surface area contributed by atoms with Gasteiger partial charge in [-0.3, -0.25) is 9.36 Å². The fourth-order valence-electron chi connectivity index (χ4n) is 4.47. The molecule has 39 heavy (non-hydrogen) atoms. The summed E-state index contributed by atoms with van der Waals surface area (Å²) in [5.74, 6) is 0.290. The lowest BCUT2D eigenvalue weighted by Crippen LogP contribution is -2.40. The van der Waals surface area contributed by atoms with Crippen molar-refractivity contribution in [1.82, 2.24) is 4.57 Å². The van der Waals surface area contributed by atoms with Crippen LogP contribution in [-0.2, 0) is 16.1 Å². The first-order chi connectivity index (χ1) is 18.8. The molecule has 0 aliphatic carbocycles. The SMILES string of the molecule is CC1=C(C(=O)OC(C)C)C(c2ccccc2)n2c(sc(=Cc3ccc(OCc4ccc(C)cc4)cc3)c2=O)=N1. The number of aryl methyl sites for hydroxylation is 1. The number of thiazole rings is 1. The summed E-state index contributed by atoms with van der Waals surface area (Å²) in [5.41, 5.74) is 4.74. The second-order valence-corrected chi connectivity index (χ2v) is 10.8. The van der Waals surface area contributed by atoms with Crippen LogP contribution in [-0.4, -0.2) is 16.6 Å². The molecule has 1 unspecified atom stereocenters. The topological polar surface area (TPSA) is 69.9 Å². The minimum atomic E-state index is -0.617. The first-order valence-electron chi connectivity index (χ1n) is 12.9. The Kier molecular flexibility index (Phi) is 7.61. The molecule has 0 bridgehead atoms. The summed E-state index contributed by atoms with van der Waals surface area (Å²) in [7, 11) is 0. The number of nitrogens with zero attached hydrogens (tertiary/aromatic N) is 2. The Morgan fingerprint density at radius 2 is 1.69 bits per heavy atom. The molecule has 7 heteroatoms. The number of carbonyl (C=O) groups is 1. The molecule has 0 amide bonds. The molecule has 198 valence electrons. The van der Waals surface area contributed by atoms with Gasteiger partial charge in [0.25, 0.3) is 5.56 Å². The van der Waals surface area contributed by atoms with Crippen LogP contribution in [0.2, 0.25) is 0 Å². The maximum absolute atomic E-state index is 13.7. The molecule has 0 radical (unpaired) electrons. The summed E-state index contributed by atoms with van der Waals surface area (Å²) < 4.78 is 13.6. The van der Waals surface area contributed by atoms with Gasteiger partial charge in [0.15, 0.2) is 4.80 Å². The molecule has 5 rings (SSSR count). The first kappa shape index (κ1) is 26.4. The molecule has 0 saturated heterocycles. The lowest BCUT2D eigenvalue weighted by Gasteiger charge is -2.25. The van der Waals surface area contributed by atoms with Crippen LogP contribution in [0.15, 0.2) is 99.9 Å². The van der Waals surface area contributed by atoms with E-state index in [1.165, 1.54) is 16.9 Å². The summed E-state index contributed by atoms with van der Waals surface area (Å²) in [5, 5.41) is 0. The van der Waals surface area contributed by atoms with Crippen LogP contribution in [0.25, 0.3) is 6.08 Å². The second-order valence-electron chi connectivity index (χ2n) is 9.79. The van der Waals surface area contributed by atoms with Crippen LogP contribution in [0.5, 0.6) is 5.75 Å². The average molecular weight is 539 g/mol. The number of ether oxygens (including phenoxy) is 2. The number of esters is 1. The molecule has 6 nitrogen and oxygen atoms in total. The lowest BCUT2D eigenvalue weighted by molar-refractivity contribution is -0.143. The normalized spacial score (nSPS) is 15.2. The summed E-state index contributed by atoms with van der Waals surface area (Å²) in [6.45, 7) is 7.94. The van der Waals surface area contributed by atoms with E-state index in [9.17, 15) is 9.59 Å². The molecule has 1 aliphatic rings. The van der Waals surface area contributed by atoms with Gasteiger partial charge < -0.3 is 9.47 Å². The number of hydrogen-bond donors (Lipinski definition) is 0. The van der Waals surface area contributed by atoms with E-state index in [0.717, 1.165) is 22.4 Å². The predicted molar refractivity (Wildman–Crippen MR) is 153 cm³/mol. The van der Waals surface area contributed by atoms with E-state index in [1.54, 1.807) is 25.3 Å². The van der Waals surface area contributed by atoms with Crippen molar-refractivity contribution in [3.05, 3.63) is 132 Å². The molecule has 3 aromatic carbocycles. The molecule has 1 aromatic heterocycles. The van der Waals surface area contributed by atoms with E-state index in [1.807, 2.05) is 60.7 Å². The van der Waals surface area contributed by atoms with Gasteiger partial charge in [-0.15, -0.1) is 0 Å². The van der Waals surface area contributed by atoms with E-state index in [-0.39, 0.29) is 11.7 Å². The van der Waals surface area contributed by atoms with Gasteiger partial charge in [-0.2, -0.15) is 0 Å². The number of rotatable bonds is 7. The van der Waals surface area contributed by atoms with Gasteiger partial charge in [0, 0.05) is 0 Å². The van der Waals surface area contributed by atoms with Crippen LogP contribution >= 0.6 is 11.3 Å². The van der Waals surface area contributed by atoms with Crippen molar-refractivity contribution in [3.63, 3.8) is 0 Å². The van der Waals surface area contributed by atoms with Crippen molar-refractivity contribution < 1.29 is 14.3 Å². The highest BCUT2D eigenvalue weighted by atomic mass is 32.1. The molecule has 4 aromatic rings. The first-order valence-corrected chi connectivity index (χ1v) is 13.7. The minimum absolute atomic E-state index is 0.199. The number of hydrogen-bond acceptors (Lipinski definition) is 6. The van der Waals surface area contributed by atoms with Crippen LogP contribution in [0.3, 0.4) is 0 Å². The third-order valence-corrected chi connectivity index (χ3v) is 7.39. The van der Waals surface area contributed by atoms with Crippen LogP contribution in [0.1, 0.15) is 49.1 Å². The highest BCUT2D eigenvalue weighted by Gasteiger charge is 2.33. The third kappa shape index (κ3) is 5.78. The third-order valence-electron chi connectivity index (χ3n) is 6.40. The molecule has 1 atom stereocenters. The van der Waals surface area contributed by atoms with Crippen LogP contribution in [0, 0.1) is 6.92 Å². The van der Waals surface area contributed by atoms with E-state index < -0.39 is 12.0 Å². The maximum Gasteiger partial charge on any atom is 0.338 e. The van der Waals surface area contributed by atoms with Crippen LogP contribution in [0.4, 0.5) is 0 Å². The van der Waals surface area contributed by atoms with Crippen molar-refractivity contribution in [2.75, 3.05) is 0 Å². The van der Waals surface area contributed by atoms with Crippen molar-refractivity contribution in [2.45, 2.75) is 46.4 Å². The van der Waals surface area contributed by atoms with Gasteiger partial charge in [0.05, 0.1) is 27.9 Å². The van der Waals surface area contributed by atoms with E-state index >= 15 is 0 Å². The number of aromatic nitrogens is 1. The molecule has 0 spiro atoms. The zero-order valence-electron chi connectivity index (χ0n) is 22.4. The van der Waals surface area contributed by atoms with Gasteiger partial charge in [-0.05, 0) is 62.6 Å². The molecule has 0 N–H and O–H groups in total. The fraction of sp³-hybridized carbons (Fsp3) is 0.219. The summed E-state index contributed by atoms with van der Waals surface area (Å²) in [6, 6.07) is 24.8. The molecule has 1 aliphatic heterocycles. The van der Waals surface area contributed by atoms with Crippen LogP contribution < -0.4 is 19.6 Å². The Morgan fingerprint density at radius 1 is 1.00 bits per heavy atom. The Morgan fingerprint density at radius 3 is 2.36 bits per heavy atom. The van der Waals surface area contributed by atoms with E-state index in [4.69, 9.17) is 9.47 Å². The smallest absolute Gasteiger partial charge is 0.338 e. The Hall–Kier alpha value is -4.23.